The minimum absolute atomic E-state index is 0.351. The van der Waals surface area contributed by atoms with E-state index in [1.165, 1.54) is 0 Å². The lowest BCUT2D eigenvalue weighted by Gasteiger charge is -2.15. The molecular formula is C25H25ClN4O3S. The Hall–Kier alpha value is -3.49. The molecule has 9 heteroatoms. The molecule has 4 aromatic rings. The monoisotopic (exact) mass is 496 g/mol. The predicted molar refractivity (Wildman–Crippen MR) is 136 cm³/mol. The zero-order chi connectivity index (χ0) is 23.9. The van der Waals surface area contributed by atoms with Crippen molar-refractivity contribution in [3.63, 3.8) is 0 Å². The zero-order valence-electron chi connectivity index (χ0n) is 18.9. The fourth-order valence-electron chi connectivity index (χ4n) is 3.44. The van der Waals surface area contributed by atoms with Crippen molar-refractivity contribution in [2.24, 2.45) is 0 Å². The summed E-state index contributed by atoms with van der Waals surface area (Å²) in [6.07, 6.45) is 0. The summed E-state index contributed by atoms with van der Waals surface area (Å²) in [5.74, 6) is 2.65. The Bertz CT molecular complexity index is 1320. The third-order valence-corrected chi connectivity index (χ3v) is 5.75. The van der Waals surface area contributed by atoms with Crippen LogP contribution in [0.2, 0.25) is 5.02 Å². The molecule has 0 radical (unpaired) electrons. The van der Waals surface area contributed by atoms with Crippen molar-refractivity contribution in [3.8, 4) is 28.6 Å². The molecule has 0 saturated carbocycles. The van der Waals surface area contributed by atoms with Gasteiger partial charge in [0, 0.05) is 10.6 Å². The van der Waals surface area contributed by atoms with Crippen LogP contribution in [0.3, 0.4) is 0 Å². The van der Waals surface area contributed by atoms with E-state index in [2.05, 4.69) is 15.6 Å². The SMILES string of the molecule is CCOc1cc(CNn2c(-c3ccccc3OC)n[nH]c2=S)ccc1OCc1ccccc1Cl. The Labute approximate surface area is 208 Å². The highest BCUT2D eigenvalue weighted by molar-refractivity contribution is 7.71. The van der Waals surface area contributed by atoms with Crippen LogP contribution >= 0.6 is 23.8 Å². The van der Waals surface area contributed by atoms with Crippen molar-refractivity contribution in [2.45, 2.75) is 20.1 Å². The van der Waals surface area contributed by atoms with Gasteiger partial charge in [-0.3, -0.25) is 0 Å². The first-order valence-corrected chi connectivity index (χ1v) is 11.6. The lowest BCUT2D eigenvalue weighted by Crippen LogP contribution is -2.16. The van der Waals surface area contributed by atoms with Gasteiger partial charge < -0.3 is 19.6 Å². The summed E-state index contributed by atoms with van der Waals surface area (Å²) in [5.41, 5.74) is 6.05. The summed E-state index contributed by atoms with van der Waals surface area (Å²) < 4.78 is 19.5. The van der Waals surface area contributed by atoms with Crippen LogP contribution in [-0.2, 0) is 13.2 Å². The quantitative estimate of drug-likeness (QED) is 0.263. The molecule has 0 unspecified atom stereocenters. The average molecular weight is 497 g/mol. The van der Waals surface area contributed by atoms with Gasteiger partial charge >= 0.3 is 0 Å². The Morgan fingerprint density at radius 2 is 1.79 bits per heavy atom. The van der Waals surface area contributed by atoms with Crippen molar-refractivity contribution in [3.05, 3.63) is 87.7 Å². The fraction of sp³-hybridized carbons (Fsp3) is 0.200. The zero-order valence-corrected chi connectivity index (χ0v) is 20.4. The normalized spacial score (nSPS) is 10.7. The molecule has 2 N–H and O–H groups in total. The maximum absolute atomic E-state index is 6.25. The van der Waals surface area contributed by atoms with Gasteiger partial charge in [0.05, 0.1) is 25.8 Å². The van der Waals surface area contributed by atoms with E-state index in [9.17, 15) is 0 Å². The predicted octanol–water partition coefficient (Wildman–Crippen LogP) is 5.99. The van der Waals surface area contributed by atoms with Gasteiger partial charge in [0.25, 0.3) is 0 Å². The number of halogens is 1. The number of hydrogen-bond donors (Lipinski definition) is 2. The van der Waals surface area contributed by atoms with E-state index in [4.69, 9.17) is 38.0 Å². The molecule has 0 aliphatic rings. The van der Waals surface area contributed by atoms with Gasteiger partial charge in [0.2, 0.25) is 4.77 Å². The number of methoxy groups -OCH3 is 1. The maximum Gasteiger partial charge on any atom is 0.214 e. The molecule has 7 nitrogen and oxygen atoms in total. The Balaban J connectivity index is 1.52. The summed E-state index contributed by atoms with van der Waals surface area (Å²) in [4.78, 5) is 0. The van der Waals surface area contributed by atoms with Gasteiger partial charge in [0.15, 0.2) is 17.3 Å². The Morgan fingerprint density at radius 3 is 2.59 bits per heavy atom. The number of benzene rings is 3. The number of H-pyrrole nitrogens is 1. The molecule has 0 fully saturated rings. The third kappa shape index (κ3) is 5.35. The third-order valence-electron chi connectivity index (χ3n) is 5.11. The molecular weight excluding hydrogens is 472 g/mol. The Morgan fingerprint density at radius 1 is 1.00 bits per heavy atom. The van der Waals surface area contributed by atoms with Crippen LogP contribution in [0.1, 0.15) is 18.1 Å². The molecule has 176 valence electrons. The van der Waals surface area contributed by atoms with Gasteiger partial charge in [-0.25, -0.2) is 9.77 Å². The minimum atomic E-state index is 0.351. The van der Waals surface area contributed by atoms with Gasteiger partial charge in [0.1, 0.15) is 12.4 Å². The highest BCUT2D eigenvalue weighted by atomic mass is 35.5. The van der Waals surface area contributed by atoms with E-state index < -0.39 is 0 Å². The van der Waals surface area contributed by atoms with E-state index >= 15 is 0 Å². The number of hydrogen-bond acceptors (Lipinski definition) is 6. The number of nitrogens with one attached hydrogen (secondary N) is 2. The number of aromatic amines is 1. The highest BCUT2D eigenvalue weighted by Crippen LogP contribution is 2.31. The first-order chi connectivity index (χ1) is 16.6. The molecule has 4 rings (SSSR count). The second kappa shape index (κ2) is 11.1. The molecule has 0 spiro atoms. The summed E-state index contributed by atoms with van der Waals surface area (Å²) in [7, 11) is 1.63. The molecule has 0 aliphatic heterocycles. The molecule has 1 aromatic heterocycles. The van der Waals surface area contributed by atoms with Crippen LogP contribution in [0.15, 0.2) is 66.7 Å². The number of nitrogens with zero attached hydrogens (tertiary/aromatic N) is 2. The van der Waals surface area contributed by atoms with Crippen molar-refractivity contribution < 1.29 is 14.2 Å². The molecule has 0 aliphatic carbocycles. The van der Waals surface area contributed by atoms with Gasteiger partial charge in [-0.1, -0.05) is 48.0 Å². The number of para-hydroxylation sites is 1. The van der Waals surface area contributed by atoms with E-state index in [0.717, 1.165) is 16.7 Å². The van der Waals surface area contributed by atoms with Crippen LogP contribution in [0.4, 0.5) is 0 Å². The smallest absolute Gasteiger partial charge is 0.214 e. The molecule has 0 amide bonds. The molecule has 3 aromatic carbocycles. The second-order valence-electron chi connectivity index (χ2n) is 7.32. The highest BCUT2D eigenvalue weighted by Gasteiger charge is 2.14. The number of aromatic nitrogens is 3. The van der Waals surface area contributed by atoms with Crippen molar-refractivity contribution in [2.75, 3.05) is 19.1 Å². The summed E-state index contributed by atoms with van der Waals surface area (Å²) in [6.45, 7) is 3.29. The summed E-state index contributed by atoms with van der Waals surface area (Å²) in [6, 6.07) is 21.1. The number of rotatable bonds is 10. The van der Waals surface area contributed by atoms with Crippen LogP contribution in [0.5, 0.6) is 17.2 Å². The van der Waals surface area contributed by atoms with E-state index in [-0.39, 0.29) is 0 Å². The molecule has 0 atom stereocenters. The lowest BCUT2D eigenvalue weighted by molar-refractivity contribution is 0.269. The van der Waals surface area contributed by atoms with E-state index in [0.29, 0.717) is 52.6 Å². The van der Waals surface area contributed by atoms with E-state index in [1.54, 1.807) is 11.8 Å². The summed E-state index contributed by atoms with van der Waals surface area (Å²) >= 11 is 11.7. The fourth-order valence-corrected chi connectivity index (χ4v) is 3.83. The van der Waals surface area contributed by atoms with Crippen LogP contribution in [-0.4, -0.2) is 28.6 Å². The van der Waals surface area contributed by atoms with E-state index in [1.807, 2.05) is 73.7 Å². The van der Waals surface area contributed by atoms with Crippen LogP contribution < -0.4 is 19.6 Å². The van der Waals surface area contributed by atoms with Crippen LogP contribution in [0, 0.1) is 4.77 Å². The Kier molecular flexibility index (Phi) is 7.72. The van der Waals surface area contributed by atoms with Crippen molar-refractivity contribution in [1.29, 1.82) is 0 Å². The molecule has 34 heavy (non-hydrogen) atoms. The van der Waals surface area contributed by atoms with Gasteiger partial charge in [-0.05, 0) is 55.0 Å². The molecule has 0 bridgehead atoms. The van der Waals surface area contributed by atoms with Crippen molar-refractivity contribution >= 4 is 23.8 Å². The molecule has 0 saturated heterocycles. The average Bonchev–Trinajstić information content (AvgIpc) is 3.23. The van der Waals surface area contributed by atoms with Gasteiger partial charge in [-0.15, -0.1) is 0 Å². The minimum Gasteiger partial charge on any atom is -0.496 e. The largest absolute Gasteiger partial charge is 0.496 e. The number of ether oxygens (including phenoxy) is 3. The first kappa shape index (κ1) is 23.7. The summed E-state index contributed by atoms with van der Waals surface area (Å²) in [5, 5.41) is 7.89. The standard InChI is InChI=1S/C25H25ClN4O3S/c1-3-32-23-14-17(12-13-22(23)33-16-18-8-4-6-10-20(18)26)15-27-30-24(28-29-25(30)34)19-9-5-7-11-21(19)31-2/h4-14,27H,3,15-16H2,1-2H3,(H,29,34). The second-order valence-corrected chi connectivity index (χ2v) is 8.11. The maximum atomic E-state index is 6.25. The topological polar surface area (TPSA) is 73.3 Å². The van der Waals surface area contributed by atoms with Crippen LogP contribution in [0.25, 0.3) is 11.4 Å². The van der Waals surface area contributed by atoms with Crippen molar-refractivity contribution in [1.82, 2.24) is 14.9 Å². The first-order valence-electron chi connectivity index (χ1n) is 10.8. The lowest BCUT2D eigenvalue weighted by atomic mass is 10.2. The van der Waals surface area contributed by atoms with Gasteiger partial charge in [-0.2, -0.15) is 5.10 Å². The molecule has 1 heterocycles.